The molecular formula is C29H30N8O3S2. The summed E-state index contributed by atoms with van der Waals surface area (Å²) in [6.07, 6.45) is 4.50. The van der Waals surface area contributed by atoms with Gasteiger partial charge in [-0.3, -0.25) is 9.36 Å². The number of allylic oxidation sites excluding steroid dienone is 1. The molecule has 0 bridgehead atoms. The van der Waals surface area contributed by atoms with Gasteiger partial charge in [-0.05, 0) is 41.8 Å². The van der Waals surface area contributed by atoms with Crippen LogP contribution in [0, 0.1) is 5.92 Å². The van der Waals surface area contributed by atoms with Gasteiger partial charge in [0.15, 0.2) is 6.39 Å². The number of pyridine rings is 1. The van der Waals surface area contributed by atoms with E-state index in [0.29, 0.717) is 32.5 Å². The van der Waals surface area contributed by atoms with Crippen molar-refractivity contribution < 1.29 is 8.97 Å². The highest BCUT2D eigenvalue weighted by atomic mass is 32.2. The summed E-state index contributed by atoms with van der Waals surface area (Å²) >= 11 is -0.385. The van der Waals surface area contributed by atoms with Gasteiger partial charge in [0.05, 0.1) is 17.7 Å². The summed E-state index contributed by atoms with van der Waals surface area (Å²) in [5.41, 5.74) is 3.26. The van der Waals surface area contributed by atoms with E-state index in [1.165, 1.54) is 22.3 Å². The van der Waals surface area contributed by atoms with E-state index in [1.807, 2.05) is 26.0 Å². The fourth-order valence-electron chi connectivity index (χ4n) is 4.76. The molecule has 42 heavy (non-hydrogen) atoms. The standard InChI is InChI=1S/C29H30N8O3S2/c1-18(2)19(3)23-14-20-15-32-28(34-21-4-6-22(7-5-21)36-11-8-30-9-12-36)35-25(20)37(27(23)38)16-24-26(33-17-40-24)42(39)29-31-10-13-41-29/h4-7,10,13-15,17-18,30H,3,8-9,11-12,16H2,1-2H3,(H,32,34,35). The van der Waals surface area contributed by atoms with Crippen molar-refractivity contribution in [3.63, 3.8) is 0 Å². The van der Waals surface area contributed by atoms with Gasteiger partial charge in [-0.1, -0.05) is 31.8 Å². The molecule has 11 nitrogen and oxygen atoms in total. The second-order valence-electron chi connectivity index (χ2n) is 10.2. The first-order valence-corrected chi connectivity index (χ1v) is 15.6. The van der Waals surface area contributed by atoms with E-state index >= 15 is 0 Å². The van der Waals surface area contributed by atoms with Gasteiger partial charge in [0, 0.05) is 66.3 Å². The maximum absolute atomic E-state index is 13.9. The number of fused-ring (bicyclic) bond motifs is 1. The number of piperazine rings is 1. The van der Waals surface area contributed by atoms with Gasteiger partial charge < -0.3 is 24.5 Å². The van der Waals surface area contributed by atoms with Crippen LogP contribution in [0.4, 0.5) is 17.3 Å². The van der Waals surface area contributed by atoms with Crippen molar-refractivity contribution >= 4 is 56.4 Å². The highest BCUT2D eigenvalue weighted by Crippen LogP contribution is 2.27. The summed E-state index contributed by atoms with van der Waals surface area (Å²) in [4.78, 5) is 33.8. The normalized spacial score (nSPS) is 14.4. The maximum Gasteiger partial charge on any atom is 0.309 e. The Morgan fingerprint density at radius 1 is 1.21 bits per heavy atom. The van der Waals surface area contributed by atoms with E-state index in [9.17, 15) is 9.35 Å². The van der Waals surface area contributed by atoms with Crippen molar-refractivity contribution in [3.8, 4) is 0 Å². The van der Waals surface area contributed by atoms with E-state index in [2.05, 4.69) is 49.2 Å². The van der Waals surface area contributed by atoms with Gasteiger partial charge in [0.1, 0.15) is 5.65 Å². The second-order valence-corrected chi connectivity index (χ2v) is 12.6. The Hall–Kier alpha value is -4.04. The molecule has 5 heterocycles. The predicted molar refractivity (Wildman–Crippen MR) is 165 cm³/mol. The van der Waals surface area contributed by atoms with Crippen LogP contribution >= 0.6 is 11.3 Å². The van der Waals surface area contributed by atoms with Crippen molar-refractivity contribution in [2.75, 3.05) is 36.4 Å². The number of benzene rings is 1. The predicted octanol–water partition coefficient (Wildman–Crippen LogP) is 4.27. The largest absolute Gasteiger partial charge is 0.603 e. The maximum atomic E-state index is 13.9. The quantitative estimate of drug-likeness (QED) is 0.235. The fourth-order valence-corrected chi connectivity index (χ4v) is 6.65. The average molecular weight is 603 g/mol. The minimum Gasteiger partial charge on any atom is -0.603 e. The molecule has 0 aliphatic carbocycles. The molecule has 1 aliphatic rings. The number of oxazole rings is 1. The minimum absolute atomic E-state index is 0.0309. The Kier molecular flexibility index (Phi) is 8.07. The Morgan fingerprint density at radius 3 is 2.71 bits per heavy atom. The molecule has 1 aliphatic heterocycles. The Bertz CT molecular complexity index is 1760. The lowest BCUT2D eigenvalue weighted by molar-refractivity contribution is 0.479. The lowest BCUT2D eigenvalue weighted by Crippen LogP contribution is -2.43. The number of nitrogens with zero attached hydrogens (tertiary/aromatic N) is 6. The summed E-state index contributed by atoms with van der Waals surface area (Å²) in [6.45, 7) is 12.0. The molecule has 0 saturated carbocycles. The summed E-state index contributed by atoms with van der Waals surface area (Å²) in [6, 6.07) is 9.90. The second kappa shape index (κ2) is 12.1. The molecule has 1 fully saturated rings. The van der Waals surface area contributed by atoms with Gasteiger partial charge >= 0.3 is 4.34 Å². The molecule has 0 radical (unpaired) electrons. The Morgan fingerprint density at radius 2 is 2.00 bits per heavy atom. The van der Waals surface area contributed by atoms with E-state index in [0.717, 1.165) is 37.6 Å². The zero-order chi connectivity index (χ0) is 29.2. The molecule has 216 valence electrons. The lowest BCUT2D eigenvalue weighted by atomic mass is 9.97. The summed E-state index contributed by atoms with van der Waals surface area (Å²) in [7, 11) is 0. The van der Waals surface area contributed by atoms with Crippen LogP contribution in [-0.2, 0) is 17.7 Å². The van der Waals surface area contributed by atoms with Crippen molar-refractivity contribution in [1.82, 2.24) is 29.8 Å². The smallest absolute Gasteiger partial charge is 0.309 e. The van der Waals surface area contributed by atoms with Crippen LogP contribution < -0.4 is 21.1 Å². The SMILES string of the molecule is C=C(c1cc2cnc(Nc3ccc(N4CCNCC4)cc3)nc2n(Cc2ocnc2[S+]([O-])c2nccs2)c1=O)C(C)C. The number of hydrogen-bond acceptors (Lipinski definition) is 11. The molecular weight excluding hydrogens is 573 g/mol. The summed E-state index contributed by atoms with van der Waals surface area (Å²) in [5, 5.41) is 9.25. The molecule has 1 aromatic carbocycles. The third-order valence-corrected chi connectivity index (χ3v) is 9.54. The van der Waals surface area contributed by atoms with Crippen molar-refractivity contribution in [2.24, 2.45) is 5.92 Å². The Labute approximate surface area is 249 Å². The highest BCUT2D eigenvalue weighted by Gasteiger charge is 2.28. The molecule has 1 atom stereocenters. The van der Waals surface area contributed by atoms with E-state index in [1.54, 1.807) is 23.8 Å². The van der Waals surface area contributed by atoms with Gasteiger partial charge in [-0.15, -0.1) is 0 Å². The molecule has 1 unspecified atom stereocenters. The first-order chi connectivity index (χ1) is 20.4. The molecule has 5 aromatic rings. The lowest BCUT2D eigenvalue weighted by Gasteiger charge is -2.29. The molecule has 0 amide bonds. The molecule has 4 aromatic heterocycles. The third kappa shape index (κ3) is 5.68. The van der Waals surface area contributed by atoms with Crippen molar-refractivity contribution in [1.29, 1.82) is 0 Å². The Balaban J connectivity index is 1.36. The molecule has 13 heteroatoms. The van der Waals surface area contributed by atoms with Crippen LogP contribution in [-0.4, -0.2) is 55.2 Å². The van der Waals surface area contributed by atoms with Crippen LogP contribution in [0.5, 0.6) is 0 Å². The van der Waals surface area contributed by atoms with Gasteiger partial charge in [0.25, 0.3) is 10.6 Å². The van der Waals surface area contributed by atoms with Crippen LogP contribution in [0.1, 0.15) is 25.2 Å². The van der Waals surface area contributed by atoms with Crippen LogP contribution in [0.3, 0.4) is 0 Å². The molecule has 6 rings (SSSR count). The number of rotatable bonds is 9. The van der Waals surface area contributed by atoms with Crippen LogP contribution in [0.25, 0.3) is 16.6 Å². The van der Waals surface area contributed by atoms with Crippen LogP contribution in [0.2, 0.25) is 0 Å². The average Bonchev–Trinajstić information content (AvgIpc) is 3.72. The number of hydrogen-bond donors (Lipinski definition) is 2. The number of nitrogens with one attached hydrogen (secondary N) is 2. The zero-order valence-corrected chi connectivity index (χ0v) is 24.9. The first-order valence-electron chi connectivity index (χ1n) is 13.5. The summed E-state index contributed by atoms with van der Waals surface area (Å²) < 4.78 is 20.7. The van der Waals surface area contributed by atoms with Crippen molar-refractivity contribution in [3.05, 3.63) is 82.8 Å². The van der Waals surface area contributed by atoms with E-state index in [-0.39, 0.29) is 28.8 Å². The van der Waals surface area contributed by atoms with E-state index < -0.39 is 11.2 Å². The minimum atomic E-state index is -1.65. The molecule has 1 saturated heterocycles. The monoisotopic (exact) mass is 602 g/mol. The number of aromatic nitrogens is 5. The van der Waals surface area contributed by atoms with Gasteiger partial charge in [-0.2, -0.15) is 15.0 Å². The van der Waals surface area contributed by atoms with Gasteiger partial charge in [-0.25, -0.2) is 4.98 Å². The van der Waals surface area contributed by atoms with Gasteiger partial charge in [0.2, 0.25) is 11.7 Å². The fraction of sp³-hybridized carbons (Fsp3) is 0.276. The zero-order valence-electron chi connectivity index (χ0n) is 23.2. The van der Waals surface area contributed by atoms with Crippen molar-refractivity contribution in [2.45, 2.75) is 29.8 Å². The van der Waals surface area contributed by atoms with E-state index in [4.69, 9.17) is 9.40 Å². The van der Waals surface area contributed by atoms with Crippen LogP contribution in [0.15, 0.2) is 79.7 Å². The highest BCUT2D eigenvalue weighted by molar-refractivity contribution is 7.93. The third-order valence-electron chi connectivity index (χ3n) is 7.12. The first kappa shape index (κ1) is 28.1. The molecule has 0 spiro atoms. The molecule has 2 N–H and O–H groups in total. The number of anilines is 3. The summed E-state index contributed by atoms with van der Waals surface area (Å²) in [5.74, 6) is 0.675. The number of thiazole rings is 1. The topological polar surface area (TPSA) is 137 Å².